The predicted molar refractivity (Wildman–Crippen MR) is 72.0 cm³/mol. The van der Waals surface area contributed by atoms with Crippen LogP contribution >= 0.6 is 27.5 Å². The van der Waals surface area contributed by atoms with E-state index in [9.17, 15) is 0 Å². The number of rotatable bonds is 7. The summed E-state index contributed by atoms with van der Waals surface area (Å²) in [6, 6.07) is 8.26. The molecule has 1 rings (SSSR count). The van der Waals surface area contributed by atoms with E-state index in [0.717, 1.165) is 30.7 Å². The molecule has 0 fully saturated rings. The first-order valence-electron chi connectivity index (χ1n) is 5.28. The number of ether oxygens (including phenoxy) is 1. The highest BCUT2D eigenvalue weighted by atomic mass is 79.9. The van der Waals surface area contributed by atoms with Gasteiger partial charge in [0.1, 0.15) is 0 Å². The molecule has 0 unspecified atom stereocenters. The van der Waals surface area contributed by atoms with Crippen LogP contribution in [0.15, 0.2) is 28.7 Å². The predicted octanol–water partition coefficient (Wildman–Crippen LogP) is 3.14. The van der Waals surface area contributed by atoms with Crippen LogP contribution in [0.3, 0.4) is 0 Å². The molecule has 0 amide bonds. The van der Waals surface area contributed by atoms with Crippen molar-refractivity contribution in [3.8, 4) is 0 Å². The molecule has 0 spiro atoms. The topological polar surface area (TPSA) is 12.5 Å². The van der Waals surface area contributed by atoms with Crippen molar-refractivity contribution in [3.63, 3.8) is 0 Å². The molecule has 0 saturated carbocycles. The quantitative estimate of drug-likeness (QED) is 0.718. The summed E-state index contributed by atoms with van der Waals surface area (Å²) in [7, 11) is 1.72. The molecular weight excluding hydrogens is 289 g/mol. The zero-order chi connectivity index (χ0) is 11.8. The molecule has 0 N–H and O–H groups in total. The van der Waals surface area contributed by atoms with Gasteiger partial charge < -0.3 is 4.74 Å². The van der Waals surface area contributed by atoms with Gasteiger partial charge in [0.05, 0.1) is 6.61 Å². The fourth-order valence-electron chi connectivity index (χ4n) is 1.48. The zero-order valence-electron chi connectivity index (χ0n) is 9.46. The minimum atomic E-state index is 0.647. The monoisotopic (exact) mass is 305 g/mol. The number of halogens is 2. The summed E-state index contributed by atoms with van der Waals surface area (Å²) in [5, 5.41) is 0. The summed E-state index contributed by atoms with van der Waals surface area (Å²) in [5.41, 5.74) is 1.28. The smallest absolute Gasteiger partial charge is 0.0589 e. The van der Waals surface area contributed by atoms with E-state index in [1.54, 1.807) is 7.11 Å². The van der Waals surface area contributed by atoms with Crippen molar-refractivity contribution in [2.75, 3.05) is 32.7 Å². The number of methoxy groups -OCH3 is 1. The van der Waals surface area contributed by atoms with E-state index >= 15 is 0 Å². The van der Waals surface area contributed by atoms with Crippen LogP contribution in [0.2, 0.25) is 0 Å². The van der Waals surface area contributed by atoms with Crippen LogP contribution in [0.25, 0.3) is 0 Å². The molecular formula is C12H17BrClNO. The molecule has 4 heteroatoms. The van der Waals surface area contributed by atoms with Crippen LogP contribution in [0.5, 0.6) is 0 Å². The molecule has 1 aromatic carbocycles. The highest BCUT2D eigenvalue weighted by Crippen LogP contribution is 2.17. The Kier molecular flexibility index (Phi) is 7.05. The standard InChI is InChI=1S/C12H17BrClNO/c1-16-9-8-15(7-6-14)10-11-4-2-3-5-12(11)13/h2-5H,6-10H2,1H3. The SMILES string of the molecule is COCCN(CCCl)Cc1ccccc1Br. The van der Waals surface area contributed by atoms with Gasteiger partial charge in [-0.05, 0) is 11.6 Å². The molecule has 0 heterocycles. The molecule has 0 saturated heterocycles. The summed E-state index contributed by atoms with van der Waals surface area (Å²) < 4.78 is 6.24. The number of nitrogens with zero attached hydrogens (tertiary/aromatic N) is 1. The second-order valence-corrected chi connectivity index (χ2v) is 4.78. The molecule has 0 aliphatic heterocycles. The Bertz CT molecular complexity index is 309. The van der Waals surface area contributed by atoms with Crippen molar-refractivity contribution in [3.05, 3.63) is 34.3 Å². The molecule has 0 bridgehead atoms. The molecule has 0 aliphatic rings. The lowest BCUT2D eigenvalue weighted by molar-refractivity contribution is 0.148. The zero-order valence-corrected chi connectivity index (χ0v) is 11.8. The van der Waals surface area contributed by atoms with Gasteiger partial charge in [0.25, 0.3) is 0 Å². The lowest BCUT2D eigenvalue weighted by Crippen LogP contribution is -2.29. The van der Waals surface area contributed by atoms with Gasteiger partial charge in [0, 0.05) is 37.1 Å². The van der Waals surface area contributed by atoms with Gasteiger partial charge in [0.2, 0.25) is 0 Å². The maximum atomic E-state index is 5.79. The Hall–Kier alpha value is -0.0900. The highest BCUT2D eigenvalue weighted by Gasteiger charge is 2.07. The second kappa shape index (κ2) is 8.07. The number of alkyl halides is 1. The van der Waals surface area contributed by atoms with E-state index in [2.05, 4.69) is 39.0 Å². The summed E-state index contributed by atoms with van der Waals surface area (Å²) >= 11 is 9.34. The highest BCUT2D eigenvalue weighted by molar-refractivity contribution is 9.10. The Morgan fingerprint density at radius 1 is 1.31 bits per heavy atom. The van der Waals surface area contributed by atoms with Gasteiger partial charge in [-0.1, -0.05) is 34.1 Å². The van der Waals surface area contributed by atoms with Crippen LogP contribution in [-0.2, 0) is 11.3 Å². The summed E-state index contributed by atoms with van der Waals surface area (Å²) in [6.45, 7) is 3.43. The van der Waals surface area contributed by atoms with Crippen molar-refractivity contribution >= 4 is 27.5 Å². The minimum absolute atomic E-state index is 0.647. The maximum absolute atomic E-state index is 5.79. The normalized spacial score (nSPS) is 11.0. The molecule has 90 valence electrons. The average Bonchev–Trinajstić information content (AvgIpc) is 2.29. The van der Waals surface area contributed by atoms with Crippen LogP contribution in [0, 0.1) is 0 Å². The number of hydrogen-bond acceptors (Lipinski definition) is 2. The minimum Gasteiger partial charge on any atom is -0.383 e. The van der Waals surface area contributed by atoms with Crippen LogP contribution < -0.4 is 0 Å². The van der Waals surface area contributed by atoms with Crippen molar-refractivity contribution in [2.24, 2.45) is 0 Å². The molecule has 1 aromatic rings. The Morgan fingerprint density at radius 3 is 2.69 bits per heavy atom. The summed E-state index contributed by atoms with van der Waals surface area (Å²) in [5.74, 6) is 0.647. The van der Waals surface area contributed by atoms with Gasteiger partial charge in [0.15, 0.2) is 0 Å². The molecule has 0 aliphatic carbocycles. The van der Waals surface area contributed by atoms with Gasteiger partial charge >= 0.3 is 0 Å². The first kappa shape index (κ1) is 14.0. The number of hydrogen-bond donors (Lipinski definition) is 0. The maximum Gasteiger partial charge on any atom is 0.0589 e. The van der Waals surface area contributed by atoms with Gasteiger partial charge in [-0.3, -0.25) is 4.90 Å². The third-order valence-corrected chi connectivity index (χ3v) is 3.31. The van der Waals surface area contributed by atoms with Crippen LogP contribution in [0.1, 0.15) is 5.56 Å². The van der Waals surface area contributed by atoms with Crippen molar-refractivity contribution in [2.45, 2.75) is 6.54 Å². The number of benzene rings is 1. The van der Waals surface area contributed by atoms with Gasteiger partial charge in [-0.15, -0.1) is 11.6 Å². The van der Waals surface area contributed by atoms with Crippen LogP contribution in [0.4, 0.5) is 0 Å². The van der Waals surface area contributed by atoms with E-state index in [1.807, 2.05) is 6.07 Å². The first-order valence-corrected chi connectivity index (χ1v) is 6.61. The molecule has 16 heavy (non-hydrogen) atoms. The third kappa shape index (κ3) is 4.83. The summed E-state index contributed by atoms with van der Waals surface area (Å²) in [4.78, 5) is 2.29. The molecule has 2 nitrogen and oxygen atoms in total. The third-order valence-electron chi connectivity index (χ3n) is 2.36. The lowest BCUT2D eigenvalue weighted by atomic mass is 10.2. The van der Waals surface area contributed by atoms with E-state index < -0.39 is 0 Å². The van der Waals surface area contributed by atoms with Gasteiger partial charge in [-0.25, -0.2) is 0 Å². The molecule has 0 radical (unpaired) electrons. The molecule has 0 aromatic heterocycles. The Morgan fingerprint density at radius 2 is 2.06 bits per heavy atom. The van der Waals surface area contributed by atoms with Crippen molar-refractivity contribution in [1.29, 1.82) is 0 Å². The van der Waals surface area contributed by atoms with Crippen molar-refractivity contribution < 1.29 is 4.74 Å². The summed E-state index contributed by atoms with van der Waals surface area (Å²) in [6.07, 6.45) is 0. The van der Waals surface area contributed by atoms with E-state index in [0.29, 0.717) is 5.88 Å². The second-order valence-electron chi connectivity index (χ2n) is 3.55. The van der Waals surface area contributed by atoms with E-state index in [4.69, 9.17) is 16.3 Å². The van der Waals surface area contributed by atoms with Crippen LogP contribution in [-0.4, -0.2) is 37.6 Å². The lowest BCUT2D eigenvalue weighted by Gasteiger charge is -2.21. The van der Waals surface area contributed by atoms with Crippen molar-refractivity contribution in [1.82, 2.24) is 4.90 Å². The van der Waals surface area contributed by atoms with E-state index in [-0.39, 0.29) is 0 Å². The first-order chi connectivity index (χ1) is 7.77. The van der Waals surface area contributed by atoms with Gasteiger partial charge in [-0.2, -0.15) is 0 Å². The average molecular weight is 307 g/mol. The Labute approximate surface area is 111 Å². The fraction of sp³-hybridized carbons (Fsp3) is 0.500. The largest absolute Gasteiger partial charge is 0.383 e. The Balaban J connectivity index is 2.56. The molecule has 0 atom stereocenters. The fourth-order valence-corrected chi connectivity index (χ4v) is 2.13. The van der Waals surface area contributed by atoms with E-state index in [1.165, 1.54) is 5.56 Å².